The average Bonchev–Trinajstić information content (AvgIpc) is 2.69. The standard InChI is InChI=1S/C13H12O4/c1-7(14)10-6-12-9(5-13(10)16-3)4-11(17-12)8(2)15/h4-6H,1-3H3. The zero-order chi connectivity index (χ0) is 12.6. The minimum atomic E-state index is -0.149. The summed E-state index contributed by atoms with van der Waals surface area (Å²) >= 11 is 0. The predicted molar refractivity (Wildman–Crippen MR) is 62.8 cm³/mol. The monoisotopic (exact) mass is 232 g/mol. The molecule has 0 aliphatic rings. The van der Waals surface area contributed by atoms with Crippen molar-refractivity contribution in [3.63, 3.8) is 0 Å². The molecule has 2 rings (SSSR count). The predicted octanol–water partition coefficient (Wildman–Crippen LogP) is 2.85. The van der Waals surface area contributed by atoms with Crippen LogP contribution in [0.4, 0.5) is 0 Å². The van der Waals surface area contributed by atoms with Gasteiger partial charge in [0, 0.05) is 12.3 Å². The summed E-state index contributed by atoms with van der Waals surface area (Å²) in [7, 11) is 1.50. The maximum absolute atomic E-state index is 11.4. The van der Waals surface area contributed by atoms with Gasteiger partial charge in [0.05, 0.1) is 12.7 Å². The lowest BCUT2D eigenvalue weighted by molar-refractivity contribution is 0.0987. The Morgan fingerprint density at radius 1 is 1.12 bits per heavy atom. The molecule has 0 amide bonds. The number of ketones is 2. The number of methoxy groups -OCH3 is 1. The molecular weight excluding hydrogens is 220 g/mol. The molecule has 1 aromatic carbocycles. The number of rotatable bonds is 3. The quantitative estimate of drug-likeness (QED) is 0.763. The lowest BCUT2D eigenvalue weighted by atomic mass is 10.1. The third-order valence-electron chi connectivity index (χ3n) is 2.56. The maximum Gasteiger partial charge on any atom is 0.194 e. The summed E-state index contributed by atoms with van der Waals surface area (Å²) in [5.41, 5.74) is 0.964. The van der Waals surface area contributed by atoms with Gasteiger partial charge in [-0.2, -0.15) is 0 Å². The smallest absolute Gasteiger partial charge is 0.194 e. The van der Waals surface area contributed by atoms with E-state index in [1.165, 1.54) is 21.0 Å². The molecule has 0 unspecified atom stereocenters. The number of fused-ring (bicyclic) bond motifs is 1. The van der Waals surface area contributed by atoms with E-state index in [-0.39, 0.29) is 17.3 Å². The second-order valence-electron chi connectivity index (χ2n) is 3.81. The average molecular weight is 232 g/mol. The first kappa shape index (κ1) is 11.4. The van der Waals surface area contributed by atoms with Gasteiger partial charge in [-0.3, -0.25) is 9.59 Å². The van der Waals surface area contributed by atoms with Crippen molar-refractivity contribution in [3.8, 4) is 5.75 Å². The Kier molecular flexibility index (Phi) is 2.71. The van der Waals surface area contributed by atoms with Crippen LogP contribution in [0.15, 0.2) is 22.6 Å². The van der Waals surface area contributed by atoms with Crippen LogP contribution in [0.1, 0.15) is 34.8 Å². The molecule has 0 aliphatic carbocycles. The van der Waals surface area contributed by atoms with Crippen LogP contribution in [0, 0.1) is 0 Å². The van der Waals surface area contributed by atoms with Crippen LogP contribution in [0.25, 0.3) is 11.0 Å². The summed E-state index contributed by atoms with van der Waals surface area (Å²) in [5, 5.41) is 0.747. The van der Waals surface area contributed by atoms with Gasteiger partial charge in [0.2, 0.25) is 0 Å². The third-order valence-corrected chi connectivity index (χ3v) is 2.56. The van der Waals surface area contributed by atoms with Gasteiger partial charge in [-0.25, -0.2) is 0 Å². The van der Waals surface area contributed by atoms with Crippen molar-refractivity contribution < 1.29 is 18.7 Å². The summed E-state index contributed by atoms with van der Waals surface area (Å²) in [5.74, 6) is 0.512. The zero-order valence-corrected chi connectivity index (χ0v) is 9.87. The fourth-order valence-corrected chi connectivity index (χ4v) is 1.68. The number of furan rings is 1. The van der Waals surface area contributed by atoms with Gasteiger partial charge in [0.15, 0.2) is 17.3 Å². The van der Waals surface area contributed by atoms with E-state index >= 15 is 0 Å². The van der Waals surface area contributed by atoms with Crippen molar-refractivity contribution in [2.45, 2.75) is 13.8 Å². The van der Waals surface area contributed by atoms with Crippen molar-refractivity contribution in [3.05, 3.63) is 29.5 Å². The highest BCUT2D eigenvalue weighted by molar-refractivity contribution is 6.02. The van der Waals surface area contributed by atoms with Crippen molar-refractivity contribution in [2.24, 2.45) is 0 Å². The van der Waals surface area contributed by atoms with E-state index in [1.54, 1.807) is 18.2 Å². The molecule has 0 saturated carbocycles. The molecular formula is C13H12O4. The van der Waals surface area contributed by atoms with Crippen LogP contribution in [0.3, 0.4) is 0 Å². The van der Waals surface area contributed by atoms with Crippen molar-refractivity contribution in [2.75, 3.05) is 7.11 Å². The summed E-state index contributed by atoms with van der Waals surface area (Å²) in [4.78, 5) is 22.6. The normalized spacial score (nSPS) is 10.5. The van der Waals surface area contributed by atoms with Crippen LogP contribution < -0.4 is 4.74 Å². The zero-order valence-electron chi connectivity index (χ0n) is 9.87. The first-order valence-electron chi connectivity index (χ1n) is 5.16. The minimum absolute atomic E-state index is 0.107. The summed E-state index contributed by atoms with van der Waals surface area (Å²) in [6, 6.07) is 4.94. The number of hydrogen-bond acceptors (Lipinski definition) is 4. The number of hydrogen-bond donors (Lipinski definition) is 0. The molecule has 88 valence electrons. The van der Waals surface area contributed by atoms with Crippen LogP contribution in [-0.2, 0) is 0 Å². The number of carbonyl (C=O) groups is 2. The highest BCUT2D eigenvalue weighted by atomic mass is 16.5. The molecule has 0 fully saturated rings. The van der Waals surface area contributed by atoms with Crippen molar-refractivity contribution in [1.82, 2.24) is 0 Å². The van der Waals surface area contributed by atoms with Gasteiger partial charge in [0.1, 0.15) is 11.3 Å². The number of benzene rings is 1. The van der Waals surface area contributed by atoms with E-state index in [2.05, 4.69) is 0 Å². The molecule has 1 heterocycles. The Morgan fingerprint density at radius 3 is 2.35 bits per heavy atom. The van der Waals surface area contributed by atoms with Crippen LogP contribution in [-0.4, -0.2) is 18.7 Å². The lowest BCUT2D eigenvalue weighted by Crippen LogP contribution is -1.96. The number of ether oxygens (including phenoxy) is 1. The number of Topliss-reactive ketones (excluding diaryl/α,β-unsaturated/α-hetero) is 2. The maximum atomic E-state index is 11.4. The minimum Gasteiger partial charge on any atom is -0.496 e. The highest BCUT2D eigenvalue weighted by Crippen LogP contribution is 2.28. The van der Waals surface area contributed by atoms with E-state index in [0.717, 1.165) is 5.39 Å². The van der Waals surface area contributed by atoms with Crippen LogP contribution >= 0.6 is 0 Å². The number of carbonyl (C=O) groups excluding carboxylic acids is 2. The summed E-state index contributed by atoms with van der Waals surface area (Å²) in [6.07, 6.45) is 0. The molecule has 0 saturated heterocycles. The molecule has 0 N–H and O–H groups in total. The van der Waals surface area contributed by atoms with Crippen molar-refractivity contribution in [1.29, 1.82) is 0 Å². The third kappa shape index (κ3) is 1.93. The van der Waals surface area contributed by atoms with E-state index in [0.29, 0.717) is 16.9 Å². The molecule has 0 aliphatic heterocycles. The van der Waals surface area contributed by atoms with Gasteiger partial charge in [-0.1, -0.05) is 0 Å². The Labute approximate surface area is 98.2 Å². The van der Waals surface area contributed by atoms with Gasteiger partial charge in [-0.05, 0) is 25.1 Å². The fraction of sp³-hybridized carbons (Fsp3) is 0.231. The Balaban J connectivity index is 2.70. The molecule has 17 heavy (non-hydrogen) atoms. The Hall–Kier alpha value is -2.10. The first-order chi connectivity index (χ1) is 8.02. The molecule has 4 nitrogen and oxygen atoms in total. The topological polar surface area (TPSA) is 56.5 Å². The molecule has 0 atom stereocenters. The van der Waals surface area contributed by atoms with Gasteiger partial charge >= 0.3 is 0 Å². The summed E-state index contributed by atoms with van der Waals surface area (Å²) < 4.78 is 10.5. The van der Waals surface area contributed by atoms with E-state index in [4.69, 9.17) is 9.15 Å². The van der Waals surface area contributed by atoms with Crippen LogP contribution in [0.5, 0.6) is 5.75 Å². The Bertz CT molecular complexity index is 607. The first-order valence-corrected chi connectivity index (χ1v) is 5.16. The van der Waals surface area contributed by atoms with Crippen LogP contribution in [0.2, 0.25) is 0 Å². The fourth-order valence-electron chi connectivity index (χ4n) is 1.68. The molecule has 0 bridgehead atoms. The van der Waals surface area contributed by atoms with Crippen molar-refractivity contribution >= 4 is 22.5 Å². The molecule has 4 heteroatoms. The molecule has 0 spiro atoms. The lowest BCUT2D eigenvalue weighted by Gasteiger charge is -2.04. The van der Waals surface area contributed by atoms with Gasteiger partial charge in [0.25, 0.3) is 0 Å². The summed E-state index contributed by atoms with van der Waals surface area (Å²) in [6.45, 7) is 2.89. The van der Waals surface area contributed by atoms with Gasteiger partial charge < -0.3 is 9.15 Å². The van der Waals surface area contributed by atoms with E-state index in [9.17, 15) is 9.59 Å². The molecule has 0 radical (unpaired) electrons. The van der Waals surface area contributed by atoms with Gasteiger partial charge in [-0.15, -0.1) is 0 Å². The van der Waals surface area contributed by atoms with E-state index in [1.807, 2.05) is 0 Å². The Morgan fingerprint density at radius 2 is 1.82 bits per heavy atom. The van der Waals surface area contributed by atoms with E-state index < -0.39 is 0 Å². The highest BCUT2D eigenvalue weighted by Gasteiger charge is 2.14. The second-order valence-corrected chi connectivity index (χ2v) is 3.81. The molecule has 1 aromatic heterocycles. The SMILES string of the molecule is COc1cc2cc(C(C)=O)oc2cc1C(C)=O. The second kappa shape index (κ2) is 4.05. The largest absolute Gasteiger partial charge is 0.496 e. The molecule has 2 aromatic rings.